The van der Waals surface area contributed by atoms with Crippen LogP contribution in [-0.2, 0) is 6.18 Å². The number of carbonyl (C=O) groups excluding carboxylic acids is 1. The SMILES string of the molecule is O=C(Nc1ccc(C(F)(F)F)cc1)Nc1c[nH]c2ccc(-c3cc(F)cc(Cl)c3)cc12. The molecule has 0 saturated carbocycles. The Hall–Kier alpha value is -3.52. The quantitative estimate of drug-likeness (QED) is 0.284. The zero-order chi connectivity index (χ0) is 22.2. The van der Waals surface area contributed by atoms with Gasteiger partial charge in [0.25, 0.3) is 0 Å². The van der Waals surface area contributed by atoms with Crippen LogP contribution in [0.2, 0.25) is 5.02 Å². The average Bonchev–Trinajstić information content (AvgIpc) is 3.09. The lowest BCUT2D eigenvalue weighted by Gasteiger charge is -2.10. The van der Waals surface area contributed by atoms with Gasteiger partial charge in [0.15, 0.2) is 0 Å². The van der Waals surface area contributed by atoms with Crippen LogP contribution >= 0.6 is 11.6 Å². The molecule has 31 heavy (non-hydrogen) atoms. The first-order valence-electron chi connectivity index (χ1n) is 9.02. The molecule has 4 nitrogen and oxygen atoms in total. The van der Waals surface area contributed by atoms with Crippen LogP contribution in [0.3, 0.4) is 0 Å². The van der Waals surface area contributed by atoms with Gasteiger partial charge in [-0.2, -0.15) is 13.2 Å². The van der Waals surface area contributed by atoms with Crippen molar-refractivity contribution in [2.24, 2.45) is 0 Å². The van der Waals surface area contributed by atoms with E-state index >= 15 is 0 Å². The predicted octanol–water partition coefficient (Wildman–Crippen LogP) is 7.29. The molecular weight excluding hydrogens is 434 g/mol. The fourth-order valence-corrected chi connectivity index (χ4v) is 3.37. The lowest BCUT2D eigenvalue weighted by Crippen LogP contribution is -2.19. The van der Waals surface area contributed by atoms with Gasteiger partial charge >= 0.3 is 12.2 Å². The van der Waals surface area contributed by atoms with Gasteiger partial charge < -0.3 is 15.6 Å². The van der Waals surface area contributed by atoms with E-state index in [-0.39, 0.29) is 10.7 Å². The van der Waals surface area contributed by atoms with Crippen LogP contribution in [0.25, 0.3) is 22.0 Å². The molecule has 2 amide bonds. The number of hydrogen-bond donors (Lipinski definition) is 3. The molecule has 1 heterocycles. The number of nitrogens with one attached hydrogen (secondary N) is 3. The third-order valence-electron chi connectivity index (χ3n) is 4.60. The molecule has 0 aliphatic rings. The molecule has 0 saturated heterocycles. The Bertz CT molecular complexity index is 1250. The van der Waals surface area contributed by atoms with Crippen LogP contribution < -0.4 is 10.6 Å². The van der Waals surface area contributed by atoms with E-state index in [1.165, 1.54) is 24.3 Å². The summed E-state index contributed by atoms with van der Waals surface area (Å²) in [5.74, 6) is -0.467. The molecule has 0 aliphatic heterocycles. The molecule has 0 atom stereocenters. The van der Waals surface area contributed by atoms with Crippen LogP contribution in [0.5, 0.6) is 0 Å². The standard InChI is InChI=1S/C22H14ClF4N3O/c23-15-7-13(8-16(24)10-15)12-1-6-19-18(9-12)20(11-28-19)30-21(31)29-17-4-2-14(3-5-17)22(25,26)27/h1-11,28H,(H2,29,30,31). The third kappa shape index (κ3) is 4.64. The summed E-state index contributed by atoms with van der Waals surface area (Å²) < 4.78 is 51.6. The molecule has 3 aromatic carbocycles. The summed E-state index contributed by atoms with van der Waals surface area (Å²) in [5.41, 5.74) is 1.85. The minimum absolute atomic E-state index is 0.209. The second-order valence-corrected chi connectivity index (χ2v) is 7.21. The van der Waals surface area contributed by atoms with Gasteiger partial charge in [-0.25, -0.2) is 9.18 Å². The first-order valence-corrected chi connectivity index (χ1v) is 9.40. The number of carbonyl (C=O) groups is 1. The third-order valence-corrected chi connectivity index (χ3v) is 4.81. The number of aromatic nitrogens is 1. The highest BCUT2D eigenvalue weighted by Crippen LogP contribution is 2.32. The summed E-state index contributed by atoms with van der Waals surface area (Å²) in [5, 5.41) is 6.07. The van der Waals surface area contributed by atoms with Crippen molar-refractivity contribution in [1.29, 1.82) is 0 Å². The van der Waals surface area contributed by atoms with E-state index in [2.05, 4.69) is 15.6 Å². The Labute approximate surface area is 178 Å². The summed E-state index contributed by atoms with van der Waals surface area (Å²) in [6.45, 7) is 0. The minimum Gasteiger partial charge on any atom is -0.359 e. The van der Waals surface area contributed by atoms with Crippen LogP contribution in [-0.4, -0.2) is 11.0 Å². The second kappa shape index (κ2) is 7.96. The van der Waals surface area contributed by atoms with Crippen molar-refractivity contribution in [3.8, 4) is 11.1 Å². The van der Waals surface area contributed by atoms with Crippen molar-refractivity contribution >= 4 is 39.9 Å². The highest BCUT2D eigenvalue weighted by molar-refractivity contribution is 6.30. The zero-order valence-electron chi connectivity index (χ0n) is 15.6. The van der Waals surface area contributed by atoms with Gasteiger partial charge in [-0.15, -0.1) is 0 Å². The van der Waals surface area contributed by atoms with Crippen molar-refractivity contribution in [2.45, 2.75) is 6.18 Å². The molecule has 0 aliphatic carbocycles. The van der Waals surface area contributed by atoms with E-state index in [1.807, 2.05) is 0 Å². The van der Waals surface area contributed by atoms with Gasteiger partial charge in [-0.3, -0.25) is 0 Å². The average molecular weight is 448 g/mol. The Kier molecular flexibility index (Phi) is 5.32. The number of hydrogen-bond acceptors (Lipinski definition) is 1. The number of aromatic amines is 1. The van der Waals surface area contributed by atoms with Gasteiger partial charge in [-0.05, 0) is 65.7 Å². The van der Waals surface area contributed by atoms with Crippen LogP contribution in [0, 0.1) is 5.82 Å². The largest absolute Gasteiger partial charge is 0.416 e. The number of halogens is 5. The van der Waals surface area contributed by atoms with E-state index < -0.39 is 23.6 Å². The summed E-state index contributed by atoms with van der Waals surface area (Å²) >= 11 is 5.94. The van der Waals surface area contributed by atoms with Crippen molar-refractivity contribution in [1.82, 2.24) is 4.98 Å². The number of anilines is 2. The first kappa shape index (κ1) is 20.7. The number of benzene rings is 3. The number of fused-ring (bicyclic) bond motifs is 1. The maximum Gasteiger partial charge on any atom is 0.416 e. The summed E-state index contributed by atoms with van der Waals surface area (Å²) in [6.07, 6.45) is -2.87. The monoisotopic (exact) mass is 447 g/mol. The summed E-state index contributed by atoms with van der Waals surface area (Å²) in [4.78, 5) is 15.3. The molecule has 0 bridgehead atoms. The van der Waals surface area contributed by atoms with Gasteiger partial charge in [0.1, 0.15) is 5.82 Å². The highest BCUT2D eigenvalue weighted by Gasteiger charge is 2.30. The van der Waals surface area contributed by atoms with Gasteiger partial charge in [0, 0.05) is 27.8 Å². The number of alkyl halides is 3. The fourth-order valence-electron chi connectivity index (χ4n) is 3.15. The molecule has 0 fully saturated rings. The molecule has 0 radical (unpaired) electrons. The number of H-pyrrole nitrogens is 1. The smallest absolute Gasteiger partial charge is 0.359 e. The summed E-state index contributed by atoms with van der Waals surface area (Å²) in [7, 11) is 0. The molecule has 9 heteroatoms. The molecule has 4 rings (SSSR count). The fraction of sp³-hybridized carbons (Fsp3) is 0.0455. The number of urea groups is 1. The van der Waals surface area contributed by atoms with Gasteiger partial charge in [0.2, 0.25) is 0 Å². The van der Waals surface area contributed by atoms with E-state index in [0.717, 1.165) is 17.6 Å². The molecule has 4 aromatic rings. The first-order chi connectivity index (χ1) is 14.7. The van der Waals surface area contributed by atoms with Gasteiger partial charge in [-0.1, -0.05) is 17.7 Å². The lowest BCUT2D eigenvalue weighted by molar-refractivity contribution is -0.137. The molecular formula is C22H14ClF4N3O. The summed E-state index contributed by atoms with van der Waals surface area (Å²) in [6, 6.07) is 13.0. The molecule has 158 valence electrons. The minimum atomic E-state index is -4.45. The van der Waals surface area contributed by atoms with E-state index in [4.69, 9.17) is 11.6 Å². The second-order valence-electron chi connectivity index (χ2n) is 6.78. The lowest BCUT2D eigenvalue weighted by atomic mass is 10.0. The van der Waals surface area contributed by atoms with Crippen molar-refractivity contribution in [2.75, 3.05) is 10.6 Å². The Morgan fingerprint density at radius 2 is 1.65 bits per heavy atom. The normalized spacial score (nSPS) is 11.5. The molecule has 3 N–H and O–H groups in total. The topological polar surface area (TPSA) is 56.9 Å². The van der Waals surface area contributed by atoms with Gasteiger partial charge in [0.05, 0.1) is 11.3 Å². The molecule has 0 spiro atoms. The number of amides is 2. The Balaban J connectivity index is 1.55. The van der Waals surface area contributed by atoms with Crippen LogP contribution in [0.15, 0.2) is 66.9 Å². The highest BCUT2D eigenvalue weighted by atomic mass is 35.5. The van der Waals surface area contributed by atoms with Crippen molar-refractivity contribution in [3.05, 3.63) is 83.3 Å². The van der Waals surface area contributed by atoms with Crippen LogP contribution in [0.4, 0.5) is 33.7 Å². The van der Waals surface area contributed by atoms with Crippen molar-refractivity contribution < 1.29 is 22.4 Å². The van der Waals surface area contributed by atoms with Crippen LogP contribution in [0.1, 0.15) is 5.56 Å². The zero-order valence-corrected chi connectivity index (χ0v) is 16.4. The number of rotatable bonds is 3. The Morgan fingerprint density at radius 3 is 2.32 bits per heavy atom. The molecule has 1 aromatic heterocycles. The van der Waals surface area contributed by atoms with Crippen molar-refractivity contribution in [3.63, 3.8) is 0 Å². The maximum absolute atomic E-state index is 13.7. The Morgan fingerprint density at radius 1 is 0.903 bits per heavy atom. The van der Waals surface area contributed by atoms with E-state index in [9.17, 15) is 22.4 Å². The predicted molar refractivity (Wildman–Crippen MR) is 113 cm³/mol. The molecule has 0 unspecified atom stereocenters. The maximum atomic E-state index is 13.7. The van der Waals surface area contributed by atoms with E-state index in [0.29, 0.717) is 22.2 Å². The van der Waals surface area contributed by atoms with E-state index in [1.54, 1.807) is 30.5 Å².